The molecule has 1 aliphatic heterocycles. The molecule has 1 heterocycles. The van der Waals surface area contributed by atoms with Gasteiger partial charge in [-0.25, -0.2) is 0 Å². The number of hydrogen-bond donors (Lipinski definition) is 1. The molecule has 0 aromatic carbocycles. The predicted molar refractivity (Wildman–Crippen MR) is 27.9 cm³/mol. The van der Waals surface area contributed by atoms with Crippen molar-refractivity contribution in [1.82, 2.24) is 0 Å². The fraction of sp³-hybridized carbons (Fsp3) is 0.800. The third-order valence-corrected chi connectivity index (χ3v) is 0.853. The minimum atomic E-state index is 0. The molecular weight excluding hydrogens is 181 g/mol. The van der Waals surface area contributed by atoms with Crippen molar-refractivity contribution < 1.29 is 42.6 Å². The summed E-state index contributed by atoms with van der Waals surface area (Å²) in [6, 6.07) is 0. The van der Waals surface area contributed by atoms with Gasteiger partial charge in [0.2, 0.25) is 0 Å². The number of aliphatic hydroxyl groups excluding tert-OH is 1. The van der Waals surface area contributed by atoms with Gasteiger partial charge in [0.25, 0.3) is 0 Å². The number of ether oxygens (including phenoxy) is 1. The Bertz CT molecular complexity index is 45.7. The van der Waals surface area contributed by atoms with Crippen LogP contribution >= 0.6 is 0 Å². The molecule has 0 amide bonds. The van der Waals surface area contributed by atoms with Gasteiger partial charge in [0.05, 0.1) is 12.7 Å². The van der Waals surface area contributed by atoms with Gasteiger partial charge >= 0.3 is 0 Å². The maximum atomic E-state index is 8.20. The number of epoxide rings is 1. The van der Waals surface area contributed by atoms with Crippen LogP contribution < -0.4 is 0 Å². The summed E-state index contributed by atoms with van der Waals surface area (Å²) in [6.45, 7) is 1.13. The molecule has 0 saturated carbocycles. The van der Waals surface area contributed by atoms with Crippen molar-refractivity contribution in [3.63, 3.8) is 0 Å². The molecular formula is C5H11O2Y-. The SMILES string of the molecule is OCCC1CO1.[CH3-].[Y]. The molecule has 0 aromatic rings. The van der Waals surface area contributed by atoms with Gasteiger partial charge < -0.3 is 17.3 Å². The van der Waals surface area contributed by atoms with Crippen LogP contribution in [0.2, 0.25) is 0 Å². The Balaban J connectivity index is 0. The van der Waals surface area contributed by atoms with E-state index in [0.29, 0.717) is 6.10 Å². The standard InChI is InChI=1S/C4H8O2.CH3.Y/c5-2-1-4-3-6-4;;/h4-5H,1-3H2;1H3;/q;-1;. The molecule has 1 radical (unpaired) electrons. The van der Waals surface area contributed by atoms with E-state index in [1.54, 1.807) is 0 Å². The second-order valence-corrected chi connectivity index (χ2v) is 1.47. The Morgan fingerprint density at radius 3 is 2.25 bits per heavy atom. The third-order valence-electron chi connectivity index (χ3n) is 0.853. The Labute approximate surface area is 75.5 Å². The third kappa shape index (κ3) is 5.17. The molecule has 1 unspecified atom stereocenters. The molecule has 1 N–H and O–H groups in total. The Kier molecular flexibility index (Phi) is 9.05. The van der Waals surface area contributed by atoms with E-state index in [1.807, 2.05) is 0 Å². The van der Waals surface area contributed by atoms with Gasteiger partial charge in [0.15, 0.2) is 0 Å². The van der Waals surface area contributed by atoms with Crippen LogP contribution in [0.3, 0.4) is 0 Å². The summed E-state index contributed by atoms with van der Waals surface area (Å²) >= 11 is 0. The zero-order chi connectivity index (χ0) is 4.41. The van der Waals surface area contributed by atoms with Gasteiger partial charge in [-0.05, 0) is 6.42 Å². The maximum absolute atomic E-state index is 8.20. The number of aliphatic hydroxyl groups is 1. The summed E-state index contributed by atoms with van der Waals surface area (Å²) in [5, 5.41) is 8.20. The number of rotatable bonds is 2. The van der Waals surface area contributed by atoms with E-state index in [4.69, 9.17) is 9.84 Å². The summed E-state index contributed by atoms with van der Waals surface area (Å²) in [6.07, 6.45) is 1.22. The molecule has 1 atom stereocenters. The van der Waals surface area contributed by atoms with Crippen molar-refractivity contribution >= 4 is 0 Å². The average molecular weight is 192 g/mol. The van der Waals surface area contributed by atoms with Crippen LogP contribution in [0.15, 0.2) is 0 Å². The van der Waals surface area contributed by atoms with Gasteiger partial charge in [-0.1, -0.05) is 0 Å². The van der Waals surface area contributed by atoms with Crippen molar-refractivity contribution in [1.29, 1.82) is 0 Å². The van der Waals surface area contributed by atoms with Crippen LogP contribution in [0.25, 0.3) is 0 Å². The van der Waals surface area contributed by atoms with E-state index in [9.17, 15) is 0 Å². The molecule has 1 fully saturated rings. The Morgan fingerprint density at radius 2 is 2.12 bits per heavy atom. The first-order valence-electron chi connectivity index (χ1n) is 2.16. The normalized spacial score (nSPS) is 22.9. The van der Waals surface area contributed by atoms with Gasteiger partial charge in [-0.2, -0.15) is 0 Å². The van der Waals surface area contributed by atoms with E-state index in [2.05, 4.69) is 0 Å². The summed E-state index contributed by atoms with van der Waals surface area (Å²) in [7, 11) is 0. The Morgan fingerprint density at radius 1 is 1.62 bits per heavy atom. The average Bonchev–Trinajstić information content (AvgIpc) is 2.21. The number of hydrogen-bond acceptors (Lipinski definition) is 2. The van der Waals surface area contributed by atoms with Gasteiger partial charge in [-0.15, -0.1) is 0 Å². The summed E-state index contributed by atoms with van der Waals surface area (Å²) < 4.78 is 4.79. The van der Waals surface area contributed by atoms with E-state index >= 15 is 0 Å². The minimum Gasteiger partial charge on any atom is -0.396 e. The molecule has 1 saturated heterocycles. The molecule has 2 nitrogen and oxygen atoms in total. The van der Waals surface area contributed by atoms with Crippen LogP contribution in [0.4, 0.5) is 0 Å². The van der Waals surface area contributed by atoms with E-state index in [-0.39, 0.29) is 46.7 Å². The molecule has 0 bridgehead atoms. The Hall–Kier alpha value is 1.02. The fourth-order valence-electron chi connectivity index (χ4n) is 0.379. The molecule has 0 aliphatic carbocycles. The second kappa shape index (κ2) is 6.15. The van der Waals surface area contributed by atoms with Gasteiger partial charge in [0, 0.05) is 39.3 Å². The molecule has 47 valence electrons. The van der Waals surface area contributed by atoms with Crippen LogP contribution in [0.5, 0.6) is 0 Å². The topological polar surface area (TPSA) is 32.8 Å². The van der Waals surface area contributed by atoms with Crippen molar-refractivity contribution in [2.75, 3.05) is 13.2 Å². The predicted octanol–water partition coefficient (Wildman–Crippen LogP) is 0.215. The monoisotopic (exact) mass is 192 g/mol. The molecule has 0 aromatic heterocycles. The van der Waals surface area contributed by atoms with E-state index in [1.165, 1.54) is 0 Å². The summed E-state index contributed by atoms with van der Waals surface area (Å²) in [5.74, 6) is 0. The summed E-state index contributed by atoms with van der Waals surface area (Å²) in [4.78, 5) is 0. The van der Waals surface area contributed by atoms with Crippen LogP contribution in [-0.2, 0) is 37.4 Å². The fourth-order valence-corrected chi connectivity index (χ4v) is 0.379. The zero-order valence-corrected chi connectivity index (χ0v) is 7.97. The second-order valence-electron chi connectivity index (χ2n) is 1.47. The first-order valence-corrected chi connectivity index (χ1v) is 2.16. The quantitative estimate of drug-likeness (QED) is 0.501. The maximum Gasteiger partial charge on any atom is 0.0831 e. The van der Waals surface area contributed by atoms with E-state index in [0.717, 1.165) is 13.0 Å². The van der Waals surface area contributed by atoms with Crippen molar-refractivity contribution in [3.8, 4) is 0 Å². The molecule has 3 heteroatoms. The van der Waals surface area contributed by atoms with Crippen LogP contribution in [-0.4, -0.2) is 24.4 Å². The first-order chi connectivity index (χ1) is 2.93. The molecule has 8 heavy (non-hydrogen) atoms. The summed E-state index contributed by atoms with van der Waals surface area (Å²) in [5.41, 5.74) is 0. The smallest absolute Gasteiger partial charge is 0.0831 e. The molecule has 0 spiro atoms. The van der Waals surface area contributed by atoms with Crippen LogP contribution in [0.1, 0.15) is 6.42 Å². The zero-order valence-electron chi connectivity index (χ0n) is 5.13. The van der Waals surface area contributed by atoms with Gasteiger partial charge in [-0.3, -0.25) is 0 Å². The van der Waals surface area contributed by atoms with E-state index < -0.39 is 0 Å². The van der Waals surface area contributed by atoms with Crippen LogP contribution in [0, 0.1) is 7.43 Å². The minimum absolute atomic E-state index is 0. The van der Waals surface area contributed by atoms with Crippen molar-refractivity contribution in [3.05, 3.63) is 7.43 Å². The van der Waals surface area contributed by atoms with Crippen molar-refractivity contribution in [2.24, 2.45) is 0 Å². The molecule has 1 aliphatic rings. The van der Waals surface area contributed by atoms with Gasteiger partial charge in [0.1, 0.15) is 0 Å². The first kappa shape index (κ1) is 11.8. The largest absolute Gasteiger partial charge is 0.396 e. The van der Waals surface area contributed by atoms with Crippen molar-refractivity contribution in [2.45, 2.75) is 12.5 Å². The molecule has 1 rings (SSSR count).